The molecule has 0 aliphatic heterocycles. The minimum atomic E-state index is -0.0389. The number of nitrogens with one attached hydrogen (secondary N) is 2. The summed E-state index contributed by atoms with van der Waals surface area (Å²) in [4.78, 5) is 23.8. The number of hydrogen-bond acceptors (Lipinski definition) is 2. The lowest BCUT2D eigenvalue weighted by atomic mass is 9.91. The molecule has 2 N–H and O–H groups in total. The molecule has 0 radical (unpaired) electrons. The van der Waals surface area contributed by atoms with Gasteiger partial charge in [-0.25, -0.2) is 4.79 Å². The fraction of sp³-hybridized carbons (Fsp3) is 0.818. The van der Waals surface area contributed by atoms with Crippen molar-refractivity contribution < 1.29 is 9.59 Å². The fourth-order valence-electron chi connectivity index (χ4n) is 1.97. The first kappa shape index (κ1) is 12.8. The molecule has 0 saturated heterocycles. The Morgan fingerprint density at radius 1 is 1.00 bits per heavy atom. The van der Waals surface area contributed by atoms with Gasteiger partial charge in [0.05, 0.1) is 0 Å². The third-order valence-electron chi connectivity index (χ3n) is 2.87. The Hall–Kier alpha value is -1.26. The zero-order chi connectivity index (χ0) is 12.1. The normalized spacial score (nSPS) is 24.7. The maximum absolute atomic E-state index is 11.4. The van der Waals surface area contributed by atoms with E-state index in [4.69, 9.17) is 0 Å². The van der Waals surface area contributed by atoms with Crippen molar-refractivity contribution in [1.29, 1.82) is 0 Å². The maximum atomic E-state index is 11.4. The number of nitrogens with zero attached hydrogens (tertiary/aromatic N) is 1. The lowest BCUT2D eigenvalue weighted by molar-refractivity contribution is -0.119. The van der Waals surface area contributed by atoms with Gasteiger partial charge in [0.25, 0.3) is 0 Å². The summed E-state index contributed by atoms with van der Waals surface area (Å²) in [7, 11) is 3.47. The van der Waals surface area contributed by atoms with E-state index in [1.807, 2.05) is 0 Å². The molecule has 1 rings (SSSR count). The van der Waals surface area contributed by atoms with Crippen LogP contribution in [0.3, 0.4) is 0 Å². The summed E-state index contributed by atoms with van der Waals surface area (Å²) in [6.07, 6.45) is 3.75. The molecule has 1 aliphatic rings. The summed E-state index contributed by atoms with van der Waals surface area (Å²) in [6, 6.07) is 0.493. The molecule has 1 aliphatic carbocycles. The van der Waals surface area contributed by atoms with Crippen LogP contribution in [0.1, 0.15) is 32.6 Å². The van der Waals surface area contributed by atoms with Crippen LogP contribution in [-0.4, -0.2) is 43.0 Å². The van der Waals surface area contributed by atoms with E-state index in [1.165, 1.54) is 0 Å². The summed E-state index contributed by atoms with van der Waals surface area (Å²) in [5.74, 6) is 0.0285. The monoisotopic (exact) mass is 227 g/mol. The molecule has 0 aromatic heterocycles. The topological polar surface area (TPSA) is 61.4 Å². The van der Waals surface area contributed by atoms with E-state index in [0.29, 0.717) is 0 Å². The van der Waals surface area contributed by atoms with Crippen LogP contribution in [-0.2, 0) is 4.79 Å². The predicted molar refractivity (Wildman–Crippen MR) is 62.1 cm³/mol. The molecule has 92 valence electrons. The second kappa shape index (κ2) is 5.72. The summed E-state index contributed by atoms with van der Waals surface area (Å²) >= 11 is 0. The van der Waals surface area contributed by atoms with Gasteiger partial charge in [-0.1, -0.05) is 0 Å². The van der Waals surface area contributed by atoms with Crippen molar-refractivity contribution in [2.45, 2.75) is 44.7 Å². The Labute approximate surface area is 96.6 Å². The first-order valence-corrected chi connectivity index (χ1v) is 5.74. The molecule has 1 saturated carbocycles. The third-order valence-corrected chi connectivity index (χ3v) is 2.87. The molecule has 1 fully saturated rings. The number of rotatable bonds is 2. The molecule has 0 aromatic carbocycles. The molecule has 5 heteroatoms. The van der Waals surface area contributed by atoms with E-state index in [2.05, 4.69) is 10.6 Å². The first-order chi connectivity index (χ1) is 7.49. The van der Waals surface area contributed by atoms with Gasteiger partial charge in [0, 0.05) is 33.1 Å². The predicted octanol–water partition coefficient (Wildman–Crippen LogP) is 0.705. The lowest BCUT2D eigenvalue weighted by Crippen LogP contribution is -2.46. The van der Waals surface area contributed by atoms with Crippen molar-refractivity contribution in [1.82, 2.24) is 15.5 Å². The Morgan fingerprint density at radius 2 is 1.44 bits per heavy atom. The van der Waals surface area contributed by atoms with Crippen molar-refractivity contribution in [2.24, 2.45) is 0 Å². The highest BCUT2D eigenvalue weighted by Gasteiger charge is 2.22. The van der Waals surface area contributed by atoms with Crippen LogP contribution in [0.5, 0.6) is 0 Å². The highest BCUT2D eigenvalue weighted by molar-refractivity contribution is 5.74. The van der Waals surface area contributed by atoms with Gasteiger partial charge in [0.2, 0.25) is 5.91 Å². The summed E-state index contributed by atoms with van der Waals surface area (Å²) < 4.78 is 0. The van der Waals surface area contributed by atoms with Crippen molar-refractivity contribution in [3.8, 4) is 0 Å². The van der Waals surface area contributed by atoms with Crippen LogP contribution in [0.25, 0.3) is 0 Å². The largest absolute Gasteiger partial charge is 0.354 e. The van der Waals surface area contributed by atoms with Crippen molar-refractivity contribution in [3.05, 3.63) is 0 Å². The molecule has 3 amide bonds. The maximum Gasteiger partial charge on any atom is 0.317 e. The number of carbonyl (C=O) groups is 2. The van der Waals surface area contributed by atoms with Crippen LogP contribution in [0.15, 0.2) is 0 Å². The summed E-state index contributed by atoms with van der Waals surface area (Å²) in [6.45, 7) is 1.54. The quantitative estimate of drug-likeness (QED) is 0.729. The zero-order valence-corrected chi connectivity index (χ0v) is 10.2. The van der Waals surface area contributed by atoms with Gasteiger partial charge < -0.3 is 15.5 Å². The second-order valence-corrected chi connectivity index (χ2v) is 4.59. The molecular weight excluding hydrogens is 206 g/mol. The van der Waals surface area contributed by atoms with E-state index in [9.17, 15) is 9.59 Å². The molecular formula is C11H21N3O2. The number of urea groups is 1. The highest BCUT2D eigenvalue weighted by atomic mass is 16.2. The third kappa shape index (κ3) is 4.08. The van der Waals surface area contributed by atoms with Gasteiger partial charge in [-0.15, -0.1) is 0 Å². The number of hydrogen-bond donors (Lipinski definition) is 2. The standard InChI is InChI=1S/C11H21N3O2/c1-8(15)12-9-4-6-10(7-5-9)13-11(16)14(2)3/h9-10H,4-7H2,1-3H3,(H,12,15)(H,13,16)/t9-,10+. The van der Waals surface area contributed by atoms with E-state index < -0.39 is 0 Å². The number of amides is 3. The minimum absolute atomic E-state index is 0.0285. The molecule has 0 bridgehead atoms. The zero-order valence-electron chi connectivity index (χ0n) is 10.2. The average molecular weight is 227 g/mol. The lowest BCUT2D eigenvalue weighted by Gasteiger charge is -2.30. The van der Waals surface area contributed by atoms with Crippen molar-refractivity contribution in [2.75, 3.05) is 14.1 Å². The van der Waals surface area contributed by atoms with Gasteiger partial charge in [-0.2, -0.15) is 0 Å². The Kier molecular flexibility index (Phi) is 4.58. The van der Waals surface area contributed by atoms with Crippen LogP contribution < -0.4 is 10.6 Å². The highest BCUT2D eigenvalue weighted by Crippen LogP contribution is 2.18. The molecule has 0 heterocycles. The Morgan fingerprint density at radius 3 is 1.81 bits per heavy atom. The molecule has 5 nitrogen and oxygen atoms in total. The van der Waals surface area contributed by atoms with E-state index in [-0.39, 0.29) is 24.0 Å². The van der Waals surface area contributed by atoms with Gasteiger partial charge >= 0.3 is 6.03 Å². The fourth-order valence-corrected chi connectivity index (χ4v) is 1.97. The Bertz CT molecular complexity index is 258. The molecule has 0 unspecified atom stereocenters. The van der Waals surface area contributed by atoms with Gasteiger partial charge in [0.15, 0.2) is 0 Å². The van der Waals surface area contributed by atoms with Gasteiger partial charge in [-0.05, 0) is 25.7 Å². The molecule has 16 heavy (non-hydrogen) atoms. The summed E-state index contributed by atoms with van der Waals surface area (Å²) in [5.41, 5.74) is 0. The summed E-state index contributed by atoms with van der Waals surface area (Å²) in [5, 5.41) is 5.88. The SMILES string of the molecule is CC(=O)N[C@H]1CC[C@@H](NC(=O)N(C)C)CC1. The second-order valence-electron chi connectivity index (χ2n) is 4.59. The van der Waals surface area contributed by atoms with Crippen LogP contribution in [0.4, 0.5) is 4.79 Å². The van der Waals surface area contributed by atoms with Gasteiger partial charge in [-0.3, -0.25) is 4.79 Å². The van der Waals surface area contributed by atoms with E-state index in [1.54, 1.807) is 25.9 Å². The average Bonchev–Trinajstić information content (AvgIpc) is 2.20. The molecule has 0 aromatic rings. The van der Waals surface area contributed by atoms with Crippen LogP contribution >= 0.6 is 0 Å². The van der Waals surface area contributed by atoms with Crippen LogP contribution in [0.2, 0.25) is 0 Å². The molecule has 0 spiro atoms. The Balaban J connectivity index is 2.27. The van der Waals surface area contributed by atoms with Crippen LogP contribution in [0, 0.1) is 0 Å². The van der Waals surface area contributed by atoms with Crippen molar-refractivity contribution in [3.63, 3.8) is 0 Å². The molecule has 0 atom stereocenters. The smallest absolute Gasteiger partial charge is 0.317 e. The van der Waals surface area contributed by atoms with Gasteiger partial charge in [0.1, 0.15) is 0 Å². The first-order valence-electron chi connectivity index (χ1n) is 5.74. The van der Waals surface area contributed by atoms with E-state index >= 15 is 0 Å². The minimum Gasteiger partial charge on any atom is -0.354 e. The van der Waals surface area contributed by atoms with E-state index in [0.717, 1.165) is 25.7 Å². The number of carbonyl (C=O) groups excluding carboxylic acids is 2. The van der Waals surface area contributed by atoms with Crippen molar-refractivity contribution >= 4 is 11.9 Å².